The molecular weight excluding hydrogens is 350 g/mol. The lowest BCUT2D eigenvalue weighted by molar-refractivity contribution is 0.239. The minimum atomic E-state index is -3.62. The second-order valence-corrected chi connectivity index (χ2v) is 9.60. The van der Waals surface area contributed by atoms with Crippen LogP contribution in [0, 0.1) is 0 Å². The first kappa shape index (κ1) is 17.6. The SMILES string of the molecule is CN(C1CCN(S(=O)(=O)c2ccc(Cl)nc2)CC1)S(C)(=O)=O. The number of rotatable bonds is 4. The first-order valence-electron chi connectivity index (χ1n) is 6.67. The summed E-state index contributed by atoms with van der Waals surface area (Å²) in [5.74, 6) is 0. The Morgan fingerprint density at radius 1 is 1.23 bits per heavy atom. The van der Waals surface area contributed by atoms with E-state index in [-0.39, 0.29) is 29.2 Å². The van der Waals surface area contributed by atoms with Gasteiger partial charge >= 0.3 is 0 Å². The maximum Gasteiger partial charge on any atom is 0.244 e. The Morgan fingerprint density at radius 2 is 1.82 bits per heavy atom. The summed E-state index contributed by atoms with van der Waals surface area (Å²) < 4.78 is 50.7. The molecule has 1 aliphatic rings. The molecular formula is C12H18ClN3O4S2. The number of halogens is 1. The van der Waals surface area contributed by atoms with Crippen LogP contribution in [0.15, 0.2) is 23.2 Å². The normalized spacial score (nSPS) is 18.7. The van der Waals surface area contributed by atoms with Crippen molar-refractivity contribution in [3.63, 3.8) is 0 Å². The summed E-state index contributed by atoms with van der Waals surface area (Å²) in [5.41, 5.74) is 0. The molecule has 0 aromatic carbocycles. The van der Waals surface area contributed by atoms with Crippen molar-refractivity contribution >= 4 is 31.6 Å². The predicted molar refractivity (Wildman–Crippen MR) is 83.6 cm³/mol. The monoisotopic (exact) mass is 367 g/mol. The zero-order valence-corrected chi connectivity index (χ0v) is 14.7. The van der Waals surface area contributed by atoms with E-state index in [4.69, 9.17) is 11.6 Å². The fraction of sp³-hybridized carbons (Fsp3) is 0.583. The van der Waals surface area contributed by atoms with E-state index in [0.29, 0.717) is 12.8 Å². The first-order valence-corrected chi connectivity index (χ1v) is 10.3. The van der Waals surface area contributed by atoms with Gasteiger partial charge in [0.1, 0.15) is 10.0 Å². The van der Waals surface area contributed by atoms with Gasteiger partial charge in [-0.3, -0.25) is 0 Å². The number of piperidine rings is 1. The van der Waals surface area contributed by atoms with E-state index in [1.54, 1.807) is 0 Å². The molecule has 2 rings (SSSR count). The van der Waals surface area contributed by atoms with E-state index in [9.17, 15) is 16.8 Å². The van der Waals surface area contributed by atoms with Crippen molar-refractivity contribution in [3.8, 4) is 0 Å². The predicted octanol–water partition coefficient (Wildman–Crippen LogP) is 0.780. The fourth-order valence-electron chi connectivity index (χ4n) is 2.38. The molecule has 0 saturated carbocycles. The number of pyridine rings is 1. The quantitative estimate of drug-likeness (QED) is 0.734. The van der Waals surface area contributed by atoms with E-state index < -0.39 is 20.0 Å². The second kappa shape index (κ2) is 6.40. The van der Waals surface area contributed by atoms with Crippen LogP contribution in [0.3, 0.4) is 0 Å². The van der Waals surface area contributed by atoms with Gasteiger partial charge in [0.15, 0.2) is 0 Å². The van der Waals surface area contributed by atoms with Gasteiger partial charge in [-0.1, -0.05) is 11.6 Å². The van der Waals surface area contributed by atoms with Crippen molar-refractivity contribution in [2.75, 3.05) is 26.4 Å². The van der Waals surface area contributed by atoms with Gasteiger partial charge in [-0.05, 0) is 25.0 Å². The molecule has 0 bridgehead atoms. The van der Waals surface area contributed by atoms with Gasteiger partial charge in [0.05, 0.1) is 6.26 Å². The number of nitrogens with zero attached hydrogens (tertiary/aromatic N) is 3. The van der Waals surface area contributed by atoms with Gasteiger partial charge in [0.2, 0.25) is 20.0 Å². The average molecular weight is 368 g/mol. The van der Waals surface area contributed by atoms with Crippen LogP contribution < -0.4 is 0 Å². The van der Waals surface area contributed by atoms with Gasteiger partial charge in [0, 0.05) is 32.4 Å². The summed E-state index contributed by atoms with van der Waals surface area (Å²) in [4.78, 5) is 3.88. The Labute approximate surface area is 136 Å². The molecule has 0 spiro atoms. The summed E-state index contributed by atoms with van der Waals surface area (Å²) in [6.07, 6.45) is 3.30. The maximum atomic E-state index is 12.5. The van der Waals surface area contributed by atoms with Gasteiger partial charge in [-0.15, -0.1) is 0 Å². The third-order valence-electron chi connectivity index (χ3n) is 3.80. The topological polar surface area (TPSA) is 87.7 Å². The molecule has 22 heavy (non-hydrogen) atoms. The smallest absolute Gasteiger partial charge is 0.243 e. The minimum Gasteiger partial charge on any atom is -0.243 e. The molecule has 0 radical (unpaired) electrons. The van der Waals surface area contributed by atoms with Crippen LogP contribution in [-0.4, -0.2) is 62.9 Å². The van der Waals surface area contributed by atoms with Crippen LogP contribution in [0.1, 0.15) is 12.8 Å². The Balaban J connectivity index is 2.09. The zero-order valence-electron chi connectivity index (χ0n) is 12.3. The molecule has 0 atom stereocenters. The third-order valence-corrected chi connectivity index (χ3v) is 7.25. The Morgan fingerprint density at radius 3 is 2.27 bits per heavy atom. The summed E-state index contributed by atoms with van der Waals surface area (Å²) in [7, 11) is -5.37. The lowest BCUT2D eigenvalue weighted by atomic mass is 10.1. The van der Waals surface area contributed by atoms with Crippen molar-refractivity contribution in [1.29, 1.82) is 0 Å². The van der Waals surface area contributed by atoms with Gasteiger partial charge in [0.25, 0.3) is 0 Å². The standard InChI is InChI=1S/C12H18ClN3O4S2/c1-15(21(2,17)18)10-5-7-16(8-6-10)22(19,20)11-3-4-12(13)14-9-11/h3-4,9-10H,5-8H2,1-2H3. The van der Waals surface area contributed by atoms with Crippen molar-refractivity contribution < 1.29 is 16.8 Å². The molecule has 1 aromatic rings. The molecule has 0 aliphatic carbocycles. The van der Waals surface area contributed by atoms with Crippen LogP contribution in [0.4, 0.5) is 0 Å². The van der Waals surface area contributed by atoms with Crippen LogP contribution in [0.25, 0.3) is 0 Å². The summed E-state index contributed by atoms with van der Waals surface area (Å²) in [6.45, 7) is 0.547. The molecule has 10 heteroatoms. The van der Waals surface area contributed by atoms with E-state index >= 15 is 0 Å². The molecule has 0 amide bonds. The molecule has 1 saturated heterocycles. The molecule has 0 N–H and O–H groups in total. The average Bonchev–Trinajstić information content (AvgIpc) is 2.46. The Bertz CT molecular complexity index is 726. The third kappa shape index (κ3) is 3.77. The highest BCUT2D eigenvalue weighted by atomic mass is 35.5. The van der Waals surface area contributed by atoms with Crippen LogP contribution >= 0.6 is 11.6 Å². The molecule has 1 fully saturated rings. The highest BCUT2D eigenvalue weighted by Crippen LogP contribution is 2.23. The van der Waals surface area contributed by atoms with Crippen molar-refractivity contribution in [2.24, 2.45) is 0 Å². The maximum absolute atomic E-state index is 12.5. The highest BCUT2D eigenvalue weighted by Gasteiger charge is 2.33. The molecule has 7 nitrogen and oxygen atoms in total. The van der Waals surface area contributed by atoms with E-state index in [1.165, 1.54) is 34.0 Å². The lowest BCUT2D eigenvalue weighted by Gasteiger charge is -2.34. The van der Waals surface area contributed by atoms with Gasteiger partial charge in [-0.2, -0.15) is 4.31 Å². The molecule has 1 aliphatic heterocycles. The summed E-state index contributed by atoms with van der Waals surface area (Å²) in [6, 6.07) is 2.67. The number of sulfonamides is 2. The van der Waals surface area contributed by atoms with Crippen molar-refractivity contribution in [1.82, 2.24) is 13.6 Å². The van der Waals surface area contributed by atoms with Crippen molar-refractivity contribution in [3.05, 3.63) is 23.5 Å². The van der Waals surface area contributed by atoms with Crippen LogP contribution in [0.2, 0.25) is 5.15 Å². The van der Waals surface area contributed by atoms with Gasteiger partial charge < -0.3 is 0 Å². The molecule has 1 aromatic heterocycles. The largest absolute Gasteiger partial charge is 0.244 e. The summed E-state index contributed by atoms with van der Waals surface area (Å²) in [5, 5.41) is 0.229. The van der Waals surface area contributed by atoms with Crippen LogP contribution in [-0.2, 0) is 20.0 Å². The number of hydrogen-bond acceptors (Lipinski definition) is 5. The Hall–Kier alpha value is -0.740. The van der Waals surface area contributed by atoms with E-state index in [1.807, 2.05) is 0 Å². The first-order chi connectivity index (χ1) is 10.1. The van der Waals surface area contributed by atoms with Gasteiger partial charge in [-0.25, -0.2) is 26.1 Å². The Kier molecular flexibility index (Phi) is 5.13. The fourth-order valence-corrected chi connectivity index (χ4v) is 4.66. The van der Waals surface area contributed by atoms with E-state index in [2.05, 4.69) is 4.98 Å². The lowest BCUT2D eigenvalue weighted by Crippen LogP contribution is -2.46. The number of aromatic nitrogens is 1. The minimum absolute atomic E-state index is 0.0896. The number of hydrogen-bond donors (Lipinski definition) is 0. The van der Waals surface area contributed by atoms with Crippen LogP contribution in [0.5, 0.6) is 0 Å². The second-order valence-electron chi connectivity index (χ2n) is 5.23. The molecule has 124 valence electrons. The highest BCUT2D eigenvalue weighted by molar-refractivity contribution is 7.89. The molecule has 0 unspecified atom stereocenters. The summed E-state index contributed by atoms with van der Waals surface area (Å²) >= 11 is 5.66. The zero-order chi connectivity index (χ0) is 16.5. The molecule has 2 heterocycles. The van der Waals surface area contributed by atoms with E-state index in [0.717, 1.165) is 6.26 Å². The van der Waals surface area contributed by atoms with Crippen molar-refractivity contribution in [2.45, 2.75) is 23.8 Å².